The van der Waals surface area contributed by atoms with E-state index in [1.54, 1.807) is 0 Å². The lowest BCUT2D eigenvalue weighted by atomic mass is 9.98. The first-order valence-electron chi connectivity index (χ1n) is 6.70. The molecule has 1 heterocycles. The van der Waals surface area contributed by atoms with Gasteiger partial charge in [0.05, 0.1) is 10.2 Å². The van der Waals surface area contributed by atoms with Gasteiger partial charge in [-0.15, -0.1) is 0 Å². The number of hydrogen-bond acceptors (Lipinski definition) is 2. The molecule has 2 N–H and O–H groups in total. The van der Waals surface area contributed by atoms with Crippen LogP contribution in [-0.4, -0.2) is 18.6 Å². The van der Waals surface area contributed by atoms with Gasteiger partial charge in [-0.25, -0.2) is 8.78 Å². The van der Waals surface area contributed by atoms with Crippen LogP contribution in [0.2, 0.25) is 0 Å². The summed E-state index contributed by atoms with van der Waals surface area (Å²) in [6.07, 6.45) is 4.54. The van der Waals surface area contributed by atoms with Crippen molar-refractivity contribution >= 4 is 21.6 Å². The lowest BCUT2D eigenvalue weighted by molar-refractivity contribution is 0.371. The van der Waals surface area contributed by atoms with Crippen molar-refractivity contribution in [2.75, 3.05) is 11.9 Å². The maximum Gasteiger partial charge on any atom is 0.147 e. The fraction of sp³-hybridized carbons (Fsp3) is 0.571. The predicted octanol–water partition coefficient (Wildman–Crippen LogP) is 4.06. The van der Waals surface area contributed by atoms with Gasteiger partial charge in [0.15, 0.2) is 0 Å². The molecule has 0 saturated carbocycles. The molecule has 2 nitrogen and oxygen atoms in total. The number of piperidine rings is 1. The van der Waals surface area contributed by atoms with Crippen molar-refractivity contribution in [2.45, 2.75) is 44.7 Å². The molecule has 0 aliphatic carbocycles. The van der Waals surface area contributed by atoms with E-state index in [2.05, 4.69) is 26.6 Å². The van der Waals surface area contributed by atoms with Crippen molar-refractivity contribution in [1.82, 2.24) is 5.32 Å². The van der Waals surface area contributed by atoms with E-state index in [4.69, 9.17) is 0 Å². The van der Waals surface area contributed by atoms with Crippen LogP contribution in [-0.2, 0) is 0 Å². The number of hydrogen-bond donors (Lipinski definition) is 2. The van der Waals surface area contributed by atoms with Gasteiger partial charge in [-0.1, -0.05) is 6.42 Å². The van der Waals surface area contributed by atoms with Gasteiger partial charge in [-0.05, 0) is 54.7 Å². The molecule has 2 rings (SSSR count). The summed E-state index contributed by atoms with van der Waals surface area (Å²) in [7, 11) is 0. The van der Waals surface area contributed by atoms with Crippen molar-refractivity contribution in [2.24, 2.45) is 0 Å². The lowest BCUT2D eigenvalue weighted by Gasteiger charge is -2.27. The molecule has 1 aromatic rings. The van der Waals surface area contributed by atoms with Gasteiger partial charge in [0.2, 0.25) is 0 Å². The minimum Gasteiger partial charge on any atom is -0.380 e. The summed E-state index contributed by atoms with van der Waals surface area (Å²) in [5.41, 5.74) is 0.226. The van der Waals surface area contributed by atoms with Gasteiger partial charge in [0.25, 0.3) is 0 Å². The highest BCUT2D eigenvalue weighted by Crippen LogP contribution is 2.24. The summed E-state index contributed by atoms with van der Waals surface area (Å²) in [6.45, 7) is 3.05. The number of rotatable bonds is 4. The first kappa shape index (κ1) is 14.7. The van der Waals surface area contributed by atoms with Crippen LogP contribution in [0.5, 0.6) is 0 Å². The molecule has 19 heavy (non-hydrogen) atoms. The molecule has 0 spiro atoms. The molecule has 0 bridgehead atoms. The molecule has 0 radical (unpaired) electrons. The van der Waals surface area contributed by atoms with Crippen LogP contribution < -0.4 is 10.6 Å². The summed E-state index contributed by atoms with van der Waals surface area (Å²) in [6, 6.07) is 2.93. The standard InChI is InChI=1S/C14H19BrF2N2/c1-9(6-10-4-2-3-5-18-10)19-14-8-12(16)11(15)7-13(14)17/h7-10,18-19H,2-6H2,1H3. The smallest absolute Gasteiger partial charge is 0.147 e. The van der Waals surface area contributed by atoms with Crippen molar-refractivity contribution < 1.29 is 8.78 Å². The molecular weight excluding hydrogens is 314 g/mol. The van der Waals surface area contributed by atoms with Crippen LogP contribution in [0, 0.1) is 11.6 Å². The molecule has 1 aliphatic heterocycles. The summed E-state index contributed by atoms with van der Waals surface area (Å²) < 4.78 is 27.2. The van der Waals surface area contributed by atoms with E-state index >= 15 is 0 Å². The average Bonchev–Trinajstić information content (AvgIpc) is 2.37. The van der Waals surface area contributed by atoms with Crippen molar-refractivity contribution in [3.05, 3.63) is 28.2 Å². The third kappa shape index (κ3) is 4.14. The molecule has 106 valence electrons. The Bertz CT molecular complexity index is 434. The van der Waals surface area contributed by atoms with Crippen LogP contribution in [0.15, 0.2) is 16.6 Å². The van der Waals surface area contributed by atoms with Crippen LogP contribution in [0.4, 0.5) is 14.5 Å². The largest absolute Gasteiger partial charge is 0.380 e. The van der Waals surface area contributed by atoms with Crippen molar-refractivity contribution in [3.63, 3.8) is 0 Å². The molecule has 1 aliphatic rings. The number of benzene rings is 1. The van der Waals surface area contributed by atoms with Gasteiger partial charge >= 0.3 is 0 Å². The first-order chi connectivity index (χ1) is 9.06. The third-order valence-corrected chi connectivity index (χ3v) is 4.07. The molecule has 0 amide bonds. The van der Waals surface area contributed by atoms with Crippen molar-refractivity contribution in [1.29, 1.82) is 0 Å². The fourth-order valence-corrected chi connectivity index (χ4v) is 2.82. The Hall–Kier alpha value is -0.680. The second kappa shape index (κ2) is 6.66. The highest BCUT2D eigenvalue weighted by molar-refractivity contribution is 9.10. The summed E-state index contributed by atoms with van der Waals surface area (Å²) in [5, 5.41) is 6.51. The van der Waals surface area contributed by atoms with Crippen molar-refractivity contribution in [3.8, 4) is 0 Å². The summed E-state index contributed by atoms with van der Waals surface area (Å²) in [4.78, 5) is 0. The summed E-state index contributed by atoms with van der Waals surface area (Å²) >= 11 is 2.97. The van der Waals surface area contributed by atoms with E-state index in [1.165, 1.54) is 18.9 Å². The summed E-state index contributed by atoms with van der Waals surface area (Å²) in [5.74, 6) is -0.886. The van der Waals surface area contributed by atoms with E-state index in [-0.39, 0.29) is 16.2 Å². The molecule has 1 aromatic carbocycles. The second-order valence-corrected chi connectivity index (χ2v) is 6.03. The zero-order chi connectivity index (χ0) is 13.8. The number of anilines is 1. The highest BCUT2D eigenvalue weighted by Gasteiger charge is 2.17. The fourth-order valence-electron chi connectivity index (χ4n) is 2.51. The molecule has 1 saturated heterocycles. The third-order valence-electron chi connectivity index (χ3n) is 3.46. The Kier molecular flexibility index (Phi) is 5.16. The maximum absolute atomic E-state index is 13.7. The highest BCUT2D eigenvalue weighted by atomic mass is 79.9. The molecule has 1 fully saturated rings. The van der Waals surface area contributed by atoms with Crippen LogP contribution in [0.25, 0.3) is 0 Å². The Labute approximate surface area is 121 Å². The van der Waals surface area contributed by atoms with E-state index in [0.717, 1.165) is 25.5 Å². The van der Waals surface area contributed by atoms with E-state index in [0.29, 0.717) is 6.04 Å². The van der Waals surface area contributed by atoms with Crippen LogP contribution >= 0.6 is 15.9 Å². The minimum absolute atomic E-state index is 0.102. The Morgan fingerprint density at radius 3 is 2.84 bits per heavy atom. The second-order valence-electron chi connectivity index (χ2n) is 5.17. The monoisotopic (exact) mass is 332 g/mol. The lowest BCUT2D eigenvalue weighted by Crippen LogP contribution is -2.37. The quantitative estimate of drug-likeness (QED) is 0.812. The Morgan fingerprint density at radius 2 is 2.16 bits per heavy atom. The average molecular weight is 333 g/mol. The zero-order valence-electron chi connectivity index (χ0n) is 11.0. The van der Waals surface area contributed by atoms with Gasteiger partial charge < -0.3 is 10.6 Å². The van der Waals surface area contributed by atoms with Gasteiger partial charge in [-0.2, -0.15) is 0 Å². The number of nitrogens with one attached hydrogen (secondary N) is 2. The van der Waals surface area contributed by atoms with E-state index < -0.39 is 11.6 Å². The van der Waals surface area contributed by atoms with E-state index in [1.807, 2.05) is 6.92 Å². The first-order valence-corrected chi connectivity index (χ1v) is 7.50. The maximum atomic E-state index is 13.7. The molecule has 0 aromatic heterocycles. The van der Waals surface area contributed by atoms with Crippen LogP contribution in [0.1, 0.15) is 32.6 Å². The minimum atomic E-state index is -0.452. The van der Waals surface area contributed by atoms with E-state index in [9.17, 15) is 8.78 Å². The van der Waals surface area contributed by atoms with Crippen LogP contribution in [0.3, 0.4) is 0 Å². The Balaban J connectivity index is 1.94. The van der Waals surface area contributed by atoms with Gasteiger partial charge in [0.1, 0.15) is 11.6 Å². The van der Waals surface area contributed by atoms with Gasteiger partial charge in [0, 0.05) is 18.2 Å². The predicted molar refractivity (Wildman–Crippen MR) is 77.4 cm³/mol. The normalized spacial score (nSPS) is 21.2. The number of halogens is 3. The molecule has 2 unspecified atom stereocenters. The molecule has 2 atom stereocenters. The molecule has 5 heteroatoms. The SMILES string of the molecule is CC(CC1CCCCN1)Nc1cc(F)c(Br)cc1F. The topological polar surface area (TPSA) is 24.1 Å². The van der Waals surface area contributed by atoms with Gasteiger partial charge in [-0.3, -0.25) is 0 Å². The zero-order valence-corrected chi connectivity index (χ0v) is 12.6. The Morgan fingerprint density at radius 1 is 1.37 bits per heavy atom. The molecular formula is C14H19BrF2N2.